The highest BCUT2D eigenvalue weighted by molar-refractivity contribution is 5.87. The van der Waals surface area contributed by atoms with Gasteiger partial charge in [0.25, 0.3) is 0 Å². The van der Waals surface area contributed by atoms with Gasteiger partial charge in [-0.05, 0) is 19.3 Å². The van der Waals surface area contributed by atoms with Crippen molar-refractivity contribution in [2.75, 3.05) is 24.6 Å². The van der Waals surface area contributed by atoms with Crippen molar-refractivity contribution in [3.8, 4) is 0 Å². The minimum absolute atomic E-state index is 0.165. The second-order valence-electron chi connectivity index (χ2n) is 6.83. The SMILES string of the molecule is CC(C)c1nc(N2CCC3(CCO3)CC2)c2cnn(C)c2n1. The van der Waals surface area contributed by atoms with Gasteiger partial charge in [-0.1, -0.05) is 13.8 Å². The van der Waals surface area contributed by atoms with Crippen LogP contribution in [0.5, 0.6) is 0 Å². The number of hydrogen-bond donors (Lipinski definition) is 0. The summed E-state index contributed by atoms with van der Waals surface area (Å²) in [7, 11) is 1.94. The molecule has 118 valence electrons. The van der Waals surface area contributed by atoms with Gasteiger partial charge in [0, 0.05) is 26.1 Å². The molecule has 0 amide bonds. The van der Waals surface area contributed by atoms with E-state index >= 15 is 0 Å². The van der Waals surface area contributed by atoms with Crippen molar-refractivity contribution in [3.63, 3.8) is 0 Å². The average Bonchev–Trinajstić information content (AvgIpc) is 2.86. The molecule has 2 aliphatic rings. The van der Waals surface area contributed by atoms with E-state index in [1.165, 1.54) is 6.42 Å². The zero-order valence-electron chi connectivity index (χ0n) is 13.5. The highest BCUT2D eigenvalue weighted by Crippen LogP contribution is 2.38. The van der Waals surface area contributed by atoms with E-state index in [0.717, 1.165) is 55.2 Å². The molecule has 6 heteroatoms. The minimum Gasteiger partial charge on any atom is -0.375 e. The van der Waals surface area contributed by atoms with Crippen molar-refractivity contribution in [2.24, 2.45) is 7.05 Å². The van der Waals surface area contributed by atoms with Crippen molar-refractivity contribution in [2.45, 2.75) is 44.6 Å². The van der Waals surface area contributed by atoms with E-state index in [-0.39, 0.29) is 5.60 Å². The second-order valence-corrected chi connectivity index (χ2v) is 6.83. The lowest BCUT2D eigenvalue weighted by Gasteiger charge is -2.47. The molecule has 1 spiro atoms. The second kappa shape index (κ2) is 4.91. The van der Waals surface area contributed by atoms with Crippen molar-refractivity contribution in [1.29, 1.82) is 0 Å². The van der Waals surface area contributed by atoms with Crippen LogP contribution in [0.25, 0.3) is 11.0 Å². The summed E-state index contributed by atoms with van der Waals surface area (Å²) in [6.45, 7) is 7.19. The molecule has 0 radical (unpaired) electrons. The predicted molar refractivity (Wildman–Crippen MR) is 85.1 cm³/mol. The number of piperidine rings is 1. The van der Waals surface area contributed by atoms with Crippen molar-refractivity contribution in [1.82, 2.24) is 19.7 Å². The normalized spacial score (nSPS) is 20.8. The third-order valence-electron chi connectivity index (χ3n) is 5.05. The Kier molecular flexibility index (Phi) is 3.11. The van der Waals surface area contributed by atoms with E-state index in [1.54, 1.807) is 0 Å². The van der Waals surface area contributed by atoms with Crippen LogP contribution in [0.2, 0.25) is 0 Å². The largest absolute Gasteiger partial charge is 0.375 e. The number of anilines is 1. The molecule has 2 aromatic heterocycles. The van der Waals surface area contributed by atoms with E-state index in [1.807, 2.05) is 17.9 Å². The fourth-order valence-electron chi connectivity index (χ4n) is 3.43. The van der Waals surface area contributed by atoms with Crippen molar-refractivity contribution >= 4 is 16.9 Å². The van der Waals surface area contributed by atoms with Crippen LogP contribution in [0, 0.1) is 0 Å². The number of aryl methyl sites for hydroxylation is 1. The van der Waals surface area contributed by atoms with Crippen LogP contribution in [-0.2, 0) is 11.8 Å². The topological polar surface area (TPSA) is 56.1 Å². The Bertz CT molecular complexity index is 694. The summed E-state index contributed by atoms with van der Waals surface area (Å²) in [4.78, 5) is 11.9. The molecular weight excluding hydrogens is 278 g/mol. The van der Waals surface area contributed by atoms with Crippen LogP contribution in [0.15, 0.2) is 6.20 Å². The Hall–Kier alpha value is -1.69. The number of nitrogens with zero attached hydrogens (tertiary/aromatic N) is 5. The third-order valence-corrected chi connectivity index (χ3v) is 5.05. The van der Waals surface area contributed by atoms with Gasteiger partial charge >= 0.3 is 0 Å². The van der Waals surface area contributed by atoms with Gasteiger partial charge in [-0.3, -0.25) is 4.68 Å². The minimum atomic E-state index is 0.165. The highest BCUT2D eigenvalue weighted by Gasteiger charge is 2.41. The van der Waals surface area contributed by atoms with Crippen molar-refractivity contribution in [3.05, 3.63) is 12.0 Å². The van der Waals surface area contributed by atoms with Gasteiger partial charge in [-0.15, -0.1) is 0 Å². The summed E-state index contributed by atoms with van der Waals surface area (Å²) in [6.07, 6.45) is 5.29. The first-order valence-electron chi connectivity index (χ1n) is 8.17. The molecule has 22 heavy (non-hydrogen) atoms. The molecule has 2 saturated heterocycles. The van der Waals surface area contributed by atoms with Crippen LogP contribution in [0.1, 0.15) is 44.9 Å². The molecule has 0 saturated carbocycles. The fourth-order valence-corrected chi connectivity index (χ4v) is 3.43. The Labute approximate surface area is 130 Å². The molecule has 4 rings (SSSR count). The number of hydrogen-bond acceptors (Lipinski definition) is 5. The first-order chi connectivity index (χ1) is 10.6. The van der Waals surface area contributed by atoms with Crippen LogP contribution < -0.4 is 4.90 Å². The van der Waals surface area contributed by atoms with E-state index in [0.29, 0.717) is 5.92 Å². The molecule has 2 aromatic rings. The van der Waals surface area contributed by atoms with Crippen molar-refractivity contribution < 1.29 is 4.74 Å². The Morgan fingerprint density at radius 1 is 1.18 bits per heavy atom. The monoisotopic (exact) mass is 301 g/mol. The lowest BCUT2D eigenvalue weighted by Crippen LogP contribution is -2.52. The van der Waals surface area contributed by atoms with Crippen LogP contribution in [-0.4, -0.2) is 45.0 Å². The Balaban J connectivity index is 1.71. The number of ether oxygens (including phenoxy) is 1. The van der Waals surface area contributed by atoms with Crippen LogP contribution in [0.3, 0.4) is 0 Å². The molecule has 2 fully saturated rings. The molecule has 6 nitrogen and oxygen atoms in total. The van der Waals surface area contributed by atoms with Gasteiger partial charge in [0.15, 0.2) is 5.65 Å². The predicted octanol–water partition coefficient (Wildman–Crippen LogP) is 2.25. The lowest BCUT2D eigenvalue weighted by molar-refractivity contribution is -0.158. The third kappa shape index (κ3) is 2.08. The molecule has 2 aliphatic heterocycles. The molecule has 0 atom stereocenters. The maximum Gasteiger partial charge on any atom is 0.163 e. The zero-order valence-corrected chi connectivity index (χ0v) is 13.5. The molecule has 0 aliphatic carbocycles. The standard InChI is InChI=1S/C16H23N5O/c1-11(2)13-18-14-12(10-17-20(14)3)15(19-13)21-7-4-16(5-8-21)6-9-22-16/h10-11H,4-9H2,1-3H3. The number of rotatable bonds is 2. The van der Waals surface area contributed by atoms with Gasteiger partial charge in [0.1, 0.15) is 11.6 Å². The first-order valence-corrected chi connectivity index (χ1v) is 8.17. The summed E-state index contributed by atoms with van der Waals surface area (Å²) in [5.74, 6) is 2.24. The van der Waals surface area contributed by atoms with E-state index in [4.69, 9.17) is 9.72 Å². The van der Waals surface area contributed by atoms with E-state index in [9.17, 15) is 0 Å². The quantitative estimate of drug-likeness (QED) is 0.851. The molecule has 0 bridgehead atoms. The summed E-state index contributed by atoms with van der Waals surface area (Å²) in [6, 6.07) is 0. The molecule has 0 N–H and O–H groups in total. The molecule has 4 heterocycles. The highest BCUT2D eigenvalue weighted by atomic mass is 16.5. The number of fused-ring (bicyclic) bond motifs is 1. The lowest BCUT2D eigenvalue weighted by atomic mass is 9.84. The summed E-state index contributed by atoms with van der Waals surface area (Å²) < 4.78 is 7.66. The Morgan fingerprint density at radius 3 is 2.50 bits per heavy atom. The van der Waals surface area contributed by atoms with Gasteiger partial charge in [-0.25, -0.2) is 9.97 Å². The van der Waals surface area contributed by atoms with Gasteiger partial charge in [0.2, 0.25) is 0 Å². The molecule has 0 unspecified atom stereocenters. The smallest absolute Gasteiger partial charge is 0.163 e. The number of aromatic nitrogens is 4. The maximum atomic E-state index is 5.82. The zero-order chi connectivity index (χ0) is 15.3. The maximum absolute atomic E-state index is 5.82. The summed E-state index contributed by atoms with van der Waals surface area (Å²) in [5, 5.41) is 5.42. The summed E-state index contributed by atoms with van der Waals surface area (Å²) >= 11 is 0. The van der Waals surface area contributed by atoms with Gasteiger partial charge in [0.05, 0.1) is 23.8 Å². The van der Waals surface area contributed by atoms with Gasteiger partial charge < -0.3 is 9.64 Å². The Morgan fingerprint density at radius 2 is 1.91 bits per heavy atom. The van der Waals surface area contributed by atoms with E-state index in [2.05, 4.69) is 28.8 Å². The average molecular weight is 301 g/mol. The first kappa shape index (κ1) is 13.9. The molecular formula is C16H23N5O. The van der Waals surface area contributed by atoms with Gasteiger partial charge in [-0.2, -0.15) is 5.10 Å². The molecule has 0 aromatic carbocycles. The fraction of sp³-hybridized carbons (Fsp3) is 0.688. The van der Waals surface area contributed by atoms with Crippen LogP contribution in [0.4, 0.5) is 5.82 Å². The summed E-state index contributed by atoms with van der Waals surface area (Å²) in [5.41, 5.74) is 1.09. The van der Waals surface area contributed by atoms with E-state index < -0.39 is 0 Å². The van der Waals surface area contributed by atoms with Crippen LogP contribution >= 0.6 is 0 Å².